The van der Waals surface area contributed by atoms with Crippen molar-refractivity contribution in [1.82, 2.24) is 0 Å². The Morgan fingerprint density at radius 2 is 1.31 bits per heavy atom. The minimum absolute atomic E-state index is 1.44. The lowest BCUT2D eigenvalue weighted by molar-refractivity contribution is -0.165. The zero-order valence-corrected chi connectivity index (χ0v) is 7.05. The monoisotopic (exact) mass is 209 g/mol. The first-order chi connectivity index (χ1) is 5.88. The van der Waals surface area contributed by atoms with E-state index in [1.165, 1.54) is 5.40 Å². The van der Waals surface area contributed by atoms with Crippen molar-refractivity contribution in [3.8, 4) is 5.40 Å². The smallest absolute Gasteiger partial charge is 0.335 e. The van der Waals surface area contributed by atoms with Gasteiger partial charge >= 0.3 is 11.9 Å². The molecule has 0 saturated carbocycles. The Balaban J connectivity index is 0. The van der Waals surface area contributed by atoms with Gasteiger partial charge in [0.05, 0.1) is 0 Å². The van der Waals surface area contributed by atoms with Gasteiger partial charge in [0.15, 0.2) is 12.2 Å². The number of rotatable bonds is 3. The van der Waals surface area contributed by atoms with Gasteiger partial charge in [-0.05, 0) is 0 Å². The second-order valence-corrected chi connectivity index (χ2v) is 1.87. The minimum Gasteiger partial charge on any atom is -0.479 e. The summed E-state index contributed by atoms with van der Waals surface area (Å²) in [5, 5.41) is 41.2. The van der Waals surface area contributed by atoms with E-state index in [-0.39, 0.29) is 0 Å². The predicted molar refractivity (Wildman–Crippen MR) is 41.9 cm³/mol. The maximum absolute atomic E-state index is 9.77. The van der Waals surface area contributed by atoms with Crippen LogP contribution in [0.5, 0.6) is 0 Å². The second kappa shape index (κ2) is 7.35. The van der Waals surface area contributed by atoms with Crippen LogP contribution in [-0.2, 0) is 9.59 Å². The molecule has 0 fully saturated rings. The molecule has 0 saturated heterocycles. The highest BCUT2D eigenvalue weighted by Gasteiger charge is 2.29. The third kappa shape index (κ3) is 7.07. The Kier molecular flexibility index (Phi) is 8.05. The largest absolute Gasteiger partial charge is 0.479 e. The van der Waals surface area contributed by atoms with Crippen LogP contribution in [0.3, 0.4) is 0 Å². The first kappa shape index (κ1) is 14.2. The number of hydrogen-bond acceptors (Lipinski definition) is 6. The van der Waals surface area contributed by atoms with E-state index in [0.29, 0.717) is 0 Å². The van der Waals surface area contributed by atoms with E-state index in [4.69, 9.17) is 25.7 Å². The highest BCUT2D eigenvalue weighted by Crippen LogP contribution is 1.92. The average molecular weight is 209 g/mol. The molecule has 0 rings (SSSR count). The van der Waals surface area contributed by atoms with Gasteiger partial charge in [0.25, 0.3) is 0 Å². The van der Waals surface area contributed by atoms with Crippen LogP contribution in [-0.4, -0.2) is 44.6 Å². The molecule has 7 nitrogen and oxygen atoms in total. The van der Waals surface area contributed by atoms with Crippen molar-refractivity contribution < 1.29 is 30.0 Å². The third-order valence-electron chi connectivity index (χ3n) is 0.805. The summed E-state index contributed by atoms with van der Waals surface area (Å²) < 4.78 is 0. The van der Waals surface area contributed by atoms with E-state index in [1.54, 1.807) is 0 Å². The Hall–Kier alpha value is -1.30. The van der Waals surface area contributed by atoms with Crippen LogP contribution in [0, 0.1) is 10.7 Å². The van der Waals surface area contributed by atoms with E-state index in [1.807, 2.05) is 0 Å². The number of hydrogen-bond donors (Lipinski definition) is 5. The van der Waals surface area contributed by atoms with Gasteiger partial charge in [0.2, 0.25) is 0 Å². The topological polar surface area (TPSA) is 139 Å². The number of nitrogens with zero attached hydrogens (tertiary/aromatic N) is 1. The standard InChI is InChI=1S/C4H6O6.CHNS/c5-1(3(7)8)2(6)4(9)10;2-1-3/h1-2,5-6H,(H,7,8)(H,9,10);3H. The second-order valence-electron chi connectivity index (χ2n) is 1.67. The lowest BCUT2D eigenvalue weighted by Gasteiger charge is -2.07. The summed E-state index contributed by atoms with van der Waals surface area (Å²) >= 11 is 3.09. The Labute approximate surface area is 78.3 Å². The Morgan fingerprint density at radius 3 is 1.38 bits per heavy atom. The molecule has 4 N–H and O–H groups in total. The SMILES string of the molecule is N#CS.O=C(O)C(O)C(O)C(=O)O. The summed E-state index contributed by atoms with van der Waals surface area (Å²) in [7, 11) is 0. The zero-order chi connectivity index (χ0) is 11.0. The number of carboxylic acid groups (broad SMARTS) is 2. The highest BCUT2D eigenvalue weighted by atomic mass is 32.1. The summed E-state index contributed by atoms with van der Waals surface area (Å²) in [6.07, 6.45) is -4.53. The average Bonchev–Trinajstić information content (AvgIpc) is 2.03. The number of nitriles is 1. The van der Waals surface area contributed by atoms with E-state index < -0.39 is 24.1 Å². The van der Waals surface area contributed by atoms with Gasteiger partial charge in [-0.15, -0.1) is 0 Å². The van der Waals surface area contributed by atoms with Crippen molar-refractivity contribution in [2.45, 2.75) is 12.2 Å². The van der Waals surface area contributed by atoms with E-state index in [0.717, 1.165) is 0 Å². The van der Waals surface area contributed by atoms with Crippen molar-refractivity contribution in [1.29, 1.82) is 5.26 Å². The zero-order valence-electron chi connectivity index (χ0n) is 6.15. The Bertz CT molecular complexity index is 206. The molecule has 0 aliphatic rings. The Morgan fingerprint density at radius 1 is 1.15 bits per heavy atom. The van der Waals surface area contributed by atoms with Crippen molar-refractivity contribution >= 4 is 24.6 Å². The molecular weight excluding hydrogens is 202 g/mol. The van der Waals surface area contributed by atoms with Crippen LogP contribution in [0.15, 0.2) is 0 Å². The molecule has 0 aromatic carbocycles. The van der Waals surface area contributed by atoms with Crippen LogP contribution in [0.25, 0.3) is 0 Å². The molecule has 0 heterocycles. The van der Waals surface area contributed by atoms with E-state index in [9.17, 15) is 9.59 Å². The van der Waals surface area contributed by atoms with Crippen molar-refractivity contribution in [3.05, 3.63) is 0 Å². The molecule has 74 valence electrons. The summed E-state index contributed by atoms with van der Waals surface area (Å²) in [5.41, 5.74) is 0. The van der Waals surface area contributed by atoms with Gasteiger partial charge < -0.3 is 20.4 Å². The van der Waals surface area contributed by atoms with E-state index in [2.05, 4.69) is 12.6 Å². The fraction of sp³-hybridized carbons (Fsp3) is 0.400. The number of aliphatic carboxylic acids is 2. The van der Waals surface area contributed by atoms with Gasteiger partial charge in [0, 0.05) is 0 Å². The first-order valence-electron chi connectivity index (χ1n) is 2.73. The van der Waals surface area contributed by atoms with Crippen molar-refractivity contribution in [2.75, 3.05) is 0 Å². The molecular formula is C5H7NO6S. The lowest BCUT2D eigenvalue weighted by atomic mass is 10.2. The summed E-state index contributed by atoms with van der Waals surface area (Å²) in [4.78, 5) is 19.5. The fourth-order valence-corrected chi connectivity index (χ4v) is 0.270. The molecule has 0 aromatic rings. The quantitative estimate of drug-likeness (QED) is 0.275. The normalized spacial score (nSPS) is 12.8. The van der Waals surface area contributed by atoms with Gasteiger partial charge in [0.1, 0.15) is 5.40 Å². The molecule has 0 spiro atoms. The molecule has 2 atom stereocenters. The molecule has 0 aromatic heterocycles. The number of carboxylic acids is 2. The van der Waals surface area contributed by atoms with Gasteiger partial charge in [-0.1, -0.05) is 12.6 Å². The lowest BCUT2D eigenvalue weighted by Crippen LogP contribution is -2.39. The molecule has 0 aliphatic carbocycles. The van der Waals surface area contributed by atoms with Crippen LogP contribution in [0.1, 0.15) is 0 Å². The van der Waals surface area contributed by atoms with Crippen molar-refractivity contribution in [3.63, 3.8) is 0 Å². The third-order valence-corrected chi connectivity index (χ3v) is 0.805. The summed E-state index contributed by atoms with van der Waals surface area (Å²) in [6, 6.07) is 0. The van der Waals surface area contributed by atoms with E-state index >= 15 is 0 Å². The number of carbonyl (C=O) groups is 2. The molecule has 8 heteroatoms. The molecule has 0 bridgehead atoms. The summed E-state index contributed by atoms with van der Waals surface area (Å²) in [6.45, 7) is 0. The van der Waals surface area contributed by atoms with Gasteiger partial charge in [-0.25, -0.2) is 9.59 Å². The maximum Gasteiger partial charge on any atom is 0.335 e. The van der Waals surface area contributed by atoms with Crippen molar-refractivity contribution in [2.24, 2.45) is 0 Å². The molecule has 0 aliphatic heterocycles. The number of thiocyanates is 1. The van der Waals surface area contributed by atoms with Crippen LogP contribution < -0.4 is 0 Å². The fourth-order valence-electron chi connectivity index (χ4n) is 0.270. The minimum atomic E-state index is -2.27. The first-order valence-corrected chi connectivity index (χ1v) is 3.18. The number of thiol groups is 1. The maximum atomic E-state index is 9.77. The molecule has 0 radical (unpaired) electrons. The van der Waals surface area contributed by atoms with Gasteiger partial charge in [-0.2, -0.15) is 5.26 Å². The number of aliphatic hydroxyl groups excluding tert-OH is 2. The molecule has 2 unspecified atom stereocenters. The van der Waals surface area contributed by atoms with Crippen LogP contribution in [0.2, 0.25) is 0 Å². The highest BCUT2D eigenvalue weighted by molar-refractivity contribution is 7.85. The molecule has 13 heavy (non-hydrogen) atoms. The van der Waals surface area contributed by atoms with Gasteiger partial charge in [-0.3, -0.25) is 0 Å². The number of aliphatic hydroxyl groups is 2. The van der Waals surface area contributed by atoms with Crippen LogP contribution >= 0.6 is 12.6 Å². The summed E-state index contributed by atoms with van der Waals surface area (Å²) in [5.74, 6) is -3.54. The van der Waals surface area contributed by atoms with Crippen LogP contribution in [0.4, 0.5) is 0 Å². The molecule has 0 amide bonds. The predicted octanol–water partition coefficient (Wildman–Crippen LogP) is -1.73.